The summed E-state index contributed by atoms with van der Waals surface area (Å²) in [5.41, 5.74) is -0.408. The molecule has 4 nitrogen and oxygen atoms in total. The highest BCUT2D eigenvalue weighted by molar-refractivity contribution is 5.67. The van der Waals surface area contributed by atoms with E-state index in [1.165, 1.54) is 58.2 Å². The lowest BCUT2D eigenvalue weighted by atomic mass is 9.95. The minimum atomic E-state index is -0.408. The van der Waals surface area contributed by atoms with Gasteiger partial charge in [-0.3, -0.25) is 0 Å². The number of carbonyl (C=O) groups excluding carboxylic acids is 1. The number of nitrogens with zero attached hydrogens (tertiary/aromatic N) is 1. The zero-order valence-corrected chi connectivity index (χ0v) is 14.0. The molecule has 0 aromatic carbocycles. The van der Waals surface area contributed by atoms with Gasteiger partial charge in [-0.05, 0) is 71.4 Å². The number of piperidine rings is 1. The molecule has 0 radical (unpaired) electrons. The molecule has 2 fully saturated rings. The number of alkyl carbamates (subject to hydrolysis) is 1. The van der Waals surface area contributed by atoms with Crippen LogP contribution in [0.25, 0.3) is 0 Å². The Morgan fingerprint density at radius 3 is 2.29 bits per heavy atom. The van der Waals surface area contributed by atoms with Crippen molar-refractivity contribution >= 4 is 6.09 Å². The predicted molar refractivity (Wildman–Crippen MR) is 85.4 cm³/mol. The summed E-state index contributed by atoms with van der Waals surface area (Å²) in [4.78, 5) is 14.3. The SMILES string of the molecule is CC(C)(C)OC(=O)NCC1CCN(CC2CCCC2)CC1. The van der Waals surface area contributed by atoms with Gasteiger partial charge in [0.1, 0.15) is 5.60 Å². The Hall–Kier alpha value is -0.770. The van der Waals surface area contributed by atoms with Crippen LogP contribution in [0.3, 0.4) is 0 Å². The second kappa shape index (κ2) is 7.48. The van der Waals surface area contributed by atoms with Gasteiger partial charge < -0.3 is 15.0 Å². The van der Waals surface area contributed by atoms with Crippen molar-refractivity contribution in [3.05, 3.63) is 0 Å². The predicted octanol–water partition coefficient (Wildman–Crippen LogP) is 3.41. The zero-order chi connectivity index (χ0) is 15.3. The van der Waals surface area contributed by atoms with Crippen LogP contribution in [0.2, 0.25) is 0 Å². The Kier molecular flexibility index (Phi) is 5.91. The fourth-order valence-corrected chi connectivity index (χ4v) is 3.47. The summed E-state index contributed by atoms with van der Waals surface area (Å²) in [6.07, 6.45) is 7.84. The molecule has 4 heteroatoms. The maximum Gasteiger partial charge on any atom is 0.407 e. The number of ether oxygens (including phenoxy) is 1. The fourth-order valence-electron chi connectivity index (χ4n) is 3.47. The molecule has 0 bridgehead atoms. The fraction of sp³-hybridized carbons (Fsp3) is 0.941. The van der Waals surface area contributed by atoms with Gasteiger partial charge in [-0.1, -0.05) is 12.8 Å². The number of hydrogen-bond acceptors (Lipinski definition) is 3. The van der Waals surface area contributed by atoms with Crippen molar-refractivity contribution < 1.29 is 9.53 Å². The van der Waals surface area contributed by atoms with Gasteiger partial charge in [0, 0.05) is 13.1 Å². The van der Waals surface area contributed by atoms with E-state index in [1.807, 2.05) is 20.8 Å². The van der Waals surface area contributed by atoms with Crippen molar-refractivity contribution in [2.24, 2.45) is 11.8 Å². The van der Waals surface area contributed by atoms with Crippen LogP contribution in [-0.2, 0) is 4.74 Å². The van der Waals surface area contributed by atoms with E-state index in [0.717, 1.165) is 12.5 Å². The van der Waals surface area contributed by atoms with Crippen LogP contribution in [0, 0.1) is 11.8 Å². The third kappa shape index (κ3) is 6.25. The van der Waals surface area contributed by atoms with Crippen molar-refractivity contribution in [3.8, 4) is 0 Å². The summed E-state index contributed by atoms with van der Waals surface area (Å²) < 4.78 is 5.28. The molecule has 122 valence electrons. The van der Waals surface area contributed by atoms with Gasteiger partial charge in [0.05, 0.1) is 0 Å². The van der Waals surface area contributed by atoms with Crippen LogP contribution in [0.4, 0.5) is 4.79 Å². The standard InChI is InChI=1S/C17H32N2O2/c1-17(2,3)21-16(20)18-12-14-8-10-19(11-9-14)13-15-6-4-5-7-15/h14-15H,4-13H2,1-3H3,(H,18,20). The van der Waals surface area contributed by atoms with Crippen LogP contribution in [0.15, 0.2) is 0 Å². The Balaban J connectivity index is 1.59. The second-order valence-electron chi connectivity index (χ2n) is 7.78. The lowest BCUT2D eigenvalue weighted by Crippen LogP contribution is -2.41. The maximum absolute atomic E-state index is 11.7. The molecule has 0 unspecified atom stereocenters. The molecule has 1 N–H and O–H groups in total. The number of rotatable bonds is 4. The number of hydrogen-bond donors (Lipinski definition) is 1. The number of amides is 1. The molecule has 1 aliphatic heterocycles. The molecule has 0 aromatic rings. The summed E-state index contributed by atoms with van der Waals surface area (Å²) in [7, 11) is 0. The van der Waals surface area contributed by atoms with Gasteiger partial charge in [-0.15, -0.1) is 0 Å². The third-order valence-electron chi connectivity index (χ3n) is 4.63. The van der Waals surface area contributed by atoms with Gasteiger partial charge in [0.2, 0.25) is 0 Å². The van der Waals surface area contributed by atoms with Crippen molar-refractivity contribution in [1.29, 1.82) is 0 Å². The van der Waals surface area contributed by atoms with E-state index >= 15 is 0 Å². The molecule has 0 aromatic heterocycles. The molecule has 0 atom stereocenters. The van der Waals surface area contributed by atoms with E-state index in [-0.39, 0.29) is 6.09 Å². The topological polar surface area (TPSA) is 41.6 Å². The van der Waals surface area contributed by atoms with Crippen LogP contribution in [-0.4, -0.2) is 42.8 Å². The minimum absolute atomic E-state index is 0.282. The van der Waals surface area contributed by atoms with Gasteiger partial charge >= 0.3 is 6.09 Å². The van der Waals surface area contributed by atoms with E-state index in [4.69, 9.17) is 4.74 Å². The van der Waals surface area contributed by atoms with Crippen molar-refractivity contribution in [2.45, 2.75) is 64.9 Å². The maximum atomic E-state index is 11.7. The highest BCUT2D eigenvalue weighted by Crippen LogP contribution is 2.27. The molecule has 2 rings (SSSR count). The molecular formula is C17H32N2O2. The van der Waals surface area contributed by atoms with Crippen LogP contribution in [0.5, 0.6) is 0 Å². The molecule has 1 amide bonds. The van der Waals surface area contributed by atoms with Crippen LogP contribution >= 0.6 is 0 Å². The molecule has 1 saturated carbocycles. The lowest BCUT2D eigenvalue weighted by Gasteiger charge is -2.33. The van der Waals surface area contributed by atoms with Crippen molar-refractivity contribution in [1.82, 2.24) is 10.2 Å². The second-order valence-corrected chi connectivity index (χ2v) is 7.78. The highest BCUT2D eigenvalue weighted by Gasteiger charge is 2.24. The van der Waals surface area contributed by atoms with Crippen LogP contribution < -0.4 is 5.32 Å². The molecule has 0 spiro atoms. The van der Waals surface area contributed by atoms with Gasteiger partial charge in [-0.2, -0.15) is 0 Å². The Morgan fingerprint density at radius 2 is 1.71 bits per heavy atom. The molecule has 1 saturated heterocycles. The van der Waals surface area contributed by atoms with Crippen molar-refractivity contribution in [2.75, 3.05) is 26.2 Å². The summed E-state index contributed by atoms with van der Waals surface area (Å²) in [6, 6.07) is 0. The lowest BCUT2D eigenvalue weighted by molar-refractivity contribution is 0.0508. The molecule has 21 heavy (non-hydrogen) atoms. The smallest absolute Gasteiger partial charge is 0.407 e. The first-order valence-electron chi connectivity index (χ1n) is 8.61. The first-order chi connectivity index (χ1) is 9.92. The summed E-state index contributed by atoms with van der Waals surface area (Å²) in [5.74, 6) is 1.55. The first kappa shape index (κ1) is 16.6. The first-order valence-corrected chi connectivity index (χ1v) is 8.61. The van der Waals surface area contributed by atoms with E-state index in [9.17, 15) is 4.79 Å². The van der Waals surface area contributed by atoms with Crippen LogP contribution in [0.1, 0.15) is 59.3 Å². The molecule has 1 aliphatic carbocycles. The largest absolute Gasteiger partial charge is 0.444 e. The minimum Gasteiger partial charge on any atom is -0.444 e. The normalized spacial score (nSPS) is 22.4. The molecular weight excluding hydrogens is 264 g/mol. The summed E-state index contributed by atoms with van der Waals surface area (Å²) >= 11 is 0. The Morgan fingerprint density at radius 1 is 1.10 bits per heavy atom. The van der Waals surface area contributed by atoms with E-state index in [1.54, 1.807) is 0 Å². The van der Waals surface area contributed by atoms with E-state index < -0.39 is 5.60 Å². The van der Waals surface area contributed by atoms with E-state index in [2.05, 4.69) is 10.2 Å². The van der Waals surface area contributed by atoms with Gasteiger partial charge in [-0.25, -0.2) is 4.79 Å². The Bertz CT molecular complexity index is 324. The Labute approximate surface area is 129 Å². The molecule has 2 aliphatic rings. The summed E-state index contributed by atoms with van der Waals surface area (Å²) in [6.45, 7) is 10.1. The zero-order valence-electron chi connectivity index (χ0n) is 14.0. The van der Waals surface area contributed by atoms with E-state index in [0.29, 0.717) is 5.92 Å². The quantitative estimate of drug-likeness (QED) is 0.864. The number of carbonyl (C=O) groups is 1. The summed E-state index contributed by atoms with van der Waals surface area (Å²) in [5, 5.41) is 2.92. The van der Waals surface area contributed by atoms with Crippen molar-refractivity contribution in [3.63, 3.8) is 0 Å². The third-order valence-corrected chi connectivity index (χ3v) is 4.63. The number of likely N-dealkylation sites (tertiary alicyclic amines) is 1. The average molecular weight is 296 g/mol. The van der Waals surface area contributed by atoms with Gasteiger partial charge in [0.25, 0.3) is 0 Å². The molecule has 1 heterocycles. The highest BCUT2D eigenvalue weighted by atomic mass is 16.6. The van der Waals surface area contributed by atoms with Gasteiger partial charge in [0.15, 0.2) is 0 Å². The average Bonchev–Trinajstić information content (AvgIpc) is 2.89. The number of nitrogens with one attached hydrogen (secondary N) is 1. The monoisotopic (exact) mass is 296 g/mol.